The molecule has 0 aliphatic carbocycles. The molecule has 0 bridgehead atoms. The Hall–Kier alpha value is -2.14. The van der Waals surface area contributed by atoms with Crippen molar-refractivity contribution in [3.63, 3.8) is 0 Å². The molecule has 0 aliphatic heterocycles. The van der Waals surface area contributed by atoms with Gasteiger partial charge in [0.15, 0.2) is 0 Å². The van der Waals surface area contributed by atoms with Crippen LogP contribution in [0.5, 0.6) is 0 Å². The fourth-order valence-corrected chi connectivity index (χ4v) is 1.95. The van der Waals surface area contributed by atoms with E-state index in [-0.39, 0.29) is 12.3 Å². The first-order valence-electron chi connectivity index (χ1n) is 6.13. The number of hydrogen-bond acceptors (Lipinski definition) is 3. The second-order valence-electron chi connectivity index (χ2n) is 4.27. The molecule has 0 saturated carbocycles. The first-order valence-corrected chi connectivity index (χ1v) is 6.67. The Morgan fingerprint density at radius 1 is 1.25 bits per heavy atom. The van der Waals surface area contributed by atoms with Crippen molar-refractivity contribution in [2.24, 2.45) is 0 Å². The highest BCUT2D eigenvalue weighted by Gasteiger charge is 2.09. The third-order valence-corrected chi connectivity index (χ3v) is 2.87. The molecular formula is C14H14ClN3O2. The number of nitrogens with one attached hydrogen (secondary N) is 2. The van der Waals surface area contributed by atoms with Crippen molar-refractivity contribution in [3.05, 3.63) is 36.0 Å². The first kappa shape index (κ1) is 14.3. The van der Waals surface area contributed by atoms with Gasteiger partial charge in [-0.25, -0.2) is 4.79 Å². The summed E-state index contributed by atoms with van der Waals surface area (Å²) in [6.07, 6.45) is 0.0991. The van der Waals surface area contributed by atoms with Crippen LogP contribution in [-0.4, -0.2) is 22.8 Å². The van der Waals surface area contributed by atoms with Gasteiger partial charge in [0.1, 0.15) is 0 Å². The van der Waals surface area contributed by atoms with Crippen LogP contribution < -0.4 is 10.6 Å². The maximum absolute atomic E-state index is 11.7. The van der Waals surface area contributed by atoms with Crippen molar-refractivity contribution >= 4 is 40.1 Å². The number of alkyl halides is 1. The van der Waals surface area contributed by atoms with Gasteiger partial charge in [-0.15, -0.1) is 11.6 Å². The number of para-hydroxylation sites is 1. The summed E-state index contributed by atoms with van der Waals surface area (Å²) in [5, 5.41) is 5.75. The molecule has 2 aromatic rings. The summed E-state index contributed by atoms with van der Waals surface area (Å²) in [4.78, 5) is 27.4. The summed E-state index contributed by atoms with van der Waals surface area (Å²) in [5.41, 5.74) is 2.10. The van der Waals surface area contributed by atoms with Crippen LogP contribution in [0.15, 0.2) is 30.3 Å². The molecule has 5 nitrogen and oxygen atoms in total. The van der Waals surface area contributed by atoms with Gasteiger partial charge in [0.25, 0.3) is 0 Å². The quantitative estimate of drug-likeness (QED) is 0.854. The van der Waals surface area contributed by atoms with Crippen LogP contribution in [0.25, 0.3) is 10.9 Å². The molecule has 1 aromatic heterocycles. The van der Waals surface area contributed by atoms with Crippen LogP contribution in [0, 0.1) is 6.92 Å². The number of aromatic nitrogens is 1. The smallest absolute Gasteiger partial charge is 0.306 e. The molecule has 1 heterocycles. The van der Waals surface area contributed by atoms with E-state index in [4.69, 9.17) is 11.6 Å². The number of imide groups is 1. The lowest BCUT2D eigenvalue weighted by molar-refractivity contribution is -0.119. The van der Waals surface area contributed by atoms with Crippen LogP contribution in [0.4, 0.5) is 10.5 Å². The van der Waals surface area contributed by atoms with Crippen LogP contribution in [0.3, 0.4) is 0 Å². The molecule has 1 aromatic carbocycles. The molecule has 2 N–H and O–H groups in total. The fourth-order valence-electron chi connectivity index (χ4n) is 1.77. The maximum atomic E-state index is 11.7. The van der Waals surface area contributed by atoms with Crippen molar-refractivity contribution < 1.29 is 9.59 Å². The van der Waals surface area contributed by atoms with Crippen LogP contribution in [0.1, 0.15) is 12.1 Å². The second-order valence-corrected chi connectivity index (χ2v) is 4.65. The summed E-state index contributed by atoms with van der Waals surface area (Å²) in [6, 6.07) is 8.70. The third-order valence-electron chi connectivity index (χ3n) is 2.68. The van der Waals surface area contributed by atoms with E-state index in [1.807, 2.05) is 31.2 Å². The molecule has 0 atom stereocenters. The van der Waals surface area contributed by atoms with Crippen molar-refractivity contribution in [1.29, 1.82) is 0 Å². The molecule has 0 spiro atoms. The van der Waals surface area contributed by atoms with Gasteiger partial charge in [-0.3, -0.25) is 15.1 Å². The molecule has 2 rings (SSSR count). The highest BCUT2D eigenvalue weighted by atomic mass is 35.5. The second kappa shape index (κ2) is 6.34. The van der Waals surface area contributed by atoms with Crippen molar-refractivity contribution in [2.45, 2.75) is 13.3 Å². The predicted octanol–water partition coefficient (Wildman–Crippen LogP) is 2.82. The predicted molar refractivity (Wildman–Crippen MR) is 79.0 cm³/mol. The number of anilines is 1. The number of amides is 3. The van der Waals surface area contributed by atoms with Crippen molar-refractivity contribution in [3.8, 4) is 0 Å². The van der Waals surface area contributed by atoms with Crippen LogP contribution >= 0.6 is 11.6 Å². The highest BCUT2D eigenvalue weighted by Crippen LogP contribution is 2.21. The average molecular weight is 292 g/mol. The summed E-state index contributed by atoms with van der Waals surface area (Å²) >= 11 is 5.43. The molecule has 0 saturated heterocycles. The SMILES string of the molecule is Cc1ccc2cccc(NC(=O)NC(=O)CCCl)c2n1. The molecule has 20 heavy (non-hydrogen) atoms. The number of benzene rings is 1. The molecule has 0 aliphatic rings. The number of aryl methyl sites for hydroxylation is 1. The Bertz CT molecular complexity index is 658. The normalized spacial score (nSPS) is 10.3. The van der Waals surface area contributed by atoms with Gasteiger partial charge in [-0.05, 0) is 19.1 Å². The van der Waals surface area contributed by atoms with Crippen molar-refractivity contribution in [2.75, 3.05) is 11.2 Å². The molecule has 0 unspecified atom stereocenters. The van der Waals surface area contributed by atoms with Gasteiger partial charge in [0.05, 0.1) is 11.2 Å². The topological polar surface area (TPSA) is 71.1 Å². The van der Waals surface area contributed by atoms with Gasteiger partial charge in [0, 0.05) is 23.4 Å². The molecule has 3 amide bonds. The first-order chi connectivity index (χ1) is 9.60. The number of halogens is 1. The van der Waals surface area contributed by atoms with E-state index >= 15 is 0 Å². The third kappa shape index (κ3) is 3.45. The summed E-state index contributed by atoms with van der Waals surface area (Å²) in [7, 11) is 0. The van der Waals surface area contributed by atoms with E-state index < -0.39 is 11.9 Å². The number of carbonyl (C=O) groups is 2. The minimum atomic E-state index is -0.587. The van der Waals surface area contributed by atoms with Crippen LogP contribution in [-0.2, 0) is 4.79 Å². The Labute approximate surface area is 121 Å². The maximum Gasteiger partial charge on any atom is 0.325 e. The fraction of sp³-hybridized carbons (Fsp3) is 0.214. The summed E-state index contributed by atoms with van der Waals surface area (Å²) < 4.78 is 0. The molecule has 104 valence electrons. The van der Waals surface area contributed by atoms with Gasteiger partial charge < -0.3 is 5.32 Å². The zero-order chi connectivity index (χ0) is 14.5. The van der Waals surface area contributed by atoms with E-state index in [9.17, 15) is 9.59 Å². The monoisotopic (exact) mass is 291 g/mol. The minimum absolute atomic E-state index is 0.0991. The molecule has 0 fully saturated rings. The van der Waals surface area contributed by atoms with E-state index in [1.54, 1.807) is 6.07 Å². The zero-order valence-corrected chi connectivity index (χ0v) is 11.7. The Balaban J connectivity index is 2.19. The molecular weight excluding hydrogens is 278 g/mol. The average Bonchev–Trinajstić information content (AvgIpc) is 2.39. The number of rotatable bonds is 3. The number of carbonyl (C=O) groups excluding carboxylic acids is 2. The lowest BCUT2D eigenvalue weighted by atomic mass is 10.2. The highest BCUT2D eigenvalue weighted by molar-refractivity contribution is 6.19. The number of nitrogens with zero attached hydrogens (tertiary/aromatic N) is 1. The van der Waals surface area contributed by atoms with Gasteiger partial charge in [-0.1, -0.05) is 18.2 Å². The van der Waals surface area contributed by atoms with Gasteiger partial charge in [-0.2, -0.15) is 0 Å². The molecule has 0 radical (unpaired) electrons. The van der Waals surface area contributed by atoms with Gasteiger partial charge >= 0.3 is 6.03 Å². The summed E-state index contributed by atoms with van der Waals surface area (Å²) in [5.74, 6) is -0.240. The van der Waals surface area contributed by atoms with E-state index in [0.29, 0.717) is 11.2 Å². The Morgan fingerprint density at radius 3 is 2.80 bits per heavy atom. The lowest BCUT2D eigenvalue weighted by Crippen LogP contribution is -2.34. The lowest BCUT2D eigenvalue weighted by Gasteiger charge is -2.09. The van der Waals surface area contributed by atoms with Crippen LogP contribution in [0.2, 0.25) is 0 Å². The minimum Gasteiger partial charge on any atom is -0.306 e. The number of urea groups is 1. The molecule has 6 heteroatoms. The van der Waals surface area contributed by atoms with E-state index in [0.717, 1.165) is 11.1 Å². The van der Waals surface area contributed by atoms with E-state index in [1.165, 1.54) is 0 Å². The number of fused-ring (bicyclic) bond motifs is 1. The largest absolute Gasteiger partial charge is 0.325 e. The number of pyridine rings is 1. The Morgan fingerprint density at radius 2 is 2.05 bits per heavy atom. The standard InChI is InChI=1S/C14H14ClN3O2/c1-9-5-6-10-3-2-4-11(13(10)16-9)17-14(20)18-12(19)7-8-15/h2-6H,7-8H2,1H3,(H2,17,18,19,20). The summed E-state index contributed by atoms with van der Waals surface area (Å²) in [6.45, 7) is 1.88. The van der Waals surface area contributed by atoms with Gasteiger partial charge in [0.2, 0.25) is 5.91 Å². The Kier molecular flexibility index (Phi) is 4.53. The van der Waals surface area contributed by atoms with Crippen molar-refractivity contribution in [1.82, 2.24) is 10.3 Å². The number of hydrogen-bond donors (Lipinski definition) is 2. The van der Waals surface area contributed by atoms with E-state index in [2.05, 4.69) is 15.6 Å². The zero-order valence-electron chi connectivity index (χ0n) is 10.9.